The molecule has 1 aliphatic rings. The summed E-state index contributed by atoms with van der Waals surface area (Å²) in [6.45, 7) is 0.859. The molecule has 13 heteroatoms. The number of aliphatic carboxylic acids is 1. The van der Waals surface area contributed by atoms with Crippen LogP contribution < -0.4 is 22.1 Å². The number of imidazole rings is 1. The lowest BCUT2D eigenvalue weighted by Gasteiger charge is -2.28. The Labute approximate surface area is 209 Å². The van der Waals surface area contributed by atoms with Crippen molar-refractivity contribution in [2.24, 2.45) is 11.5 Å². The quantitative estimate of drug-likeness (QED) is 0.163. The minimum Gasteiger partial charge on any atom is -0.480 e. The first-order chi connectivity index (χ1) is 16.8. The highest BCUT2D eigenvalue weighted by Crippen LogP contribution is 2.20. The van der Waals surface area contributed by atoms with Crippen LogP contribution in [-0.2, 0) is 25.6 Å². The van der Waals surface area contributed by atoms with Gasteiger partial charge in [0.1, 0.15) is 18.1 Å². The van der Waals surface area contributed by atoms with Crippen LogP contribution in [0.15, 0.2) is 12.5 Å². The van der Waals surface area contributed by atoms with Crippen molar-refractivity contribution >= 4 is 35.5 Å². The van der Waals surface area contributed by atoms with Gasteiger partial charge in [-0.05, 0) is 57.1 Å². The standard InChI is InChI=1S/C22H37N7O5S/c1-35-10-7-15(24)21(32)29-9-4-6-18(29)20(31)27-16(5-2-3-8-23)19(30)28-17(22(33)34)11-14-12-25-13-26-14/h12-13,15-18H,2-11,23-24H2,1H3,(H,25,26)(H,27,31)(H,28,30)(H,33,34). The molecule has 2 heterocycles. The van der Waals surface area contributed by atoms with Crippen molar-refractivity contribution in [3.63, 3.8) is 0 Å². The van der Waals surface area contributed by atoms with Crippen LogP contribution in [0.3, 0.4) is 0 Å². The molecule has 1 saturated heterocycles. The van der Waals surface area contributed by atoms with Crippen molar-refractivity contribution in [1.82, 2.24) is 25.5 Å². The zero-order valence-corrected chi connectivity index (χ0v) is 20.9. The molecule has 196 valence electrons. The fraction of sp³-hybridized carbons (Fsp3) is 0.682. The molecular formula is C22H37N7O5S. The van der Waals surface area contributed by atoms with Crippen LogP contribution in [0.2, 0.25) is 0 Å². The summed E-state index contributed by atoms with van der Waals surface area (Å²) < 4.78 is 0. The number of amides is 3. The normalized spacial score (nSPS) is 18.0. The molecule has 3 amide bonds. The van der Waals surface area contributed by atoms with Crippen LogP contribution in [-0.4, -0.2) is 92.9 Å². The van der Waals surface area contributed by atoms with Crippen molar-refractivity contribution < 1.29 is 24.3 Å². The molecule has 4 atom stereocenters. The lowest BCUT2D eigenvalue weighted by atomic mass is 10.1. The fourth-order valence-electron chi connectivity index (χ4n) is 4.00. The number of nitrogens with zero attached hydrogens (tertiary/aromatic N) is 2. The Hall–Kier alpha value is -2.64. The number of hydrogen-bond donors (Lipinski definition) is 6. The molecule has 0 saturated carbocycles. The number of thioether (sulfide) groups is 1. The number of carboxylic acids is 1. The van der Waals surface area contributed by atoms with Crippen LogP contribution in [0.25, 0.3) is 0 Å². The summed E-state index contributed by atoms with van der Waals surface area (Å²) >= 11 is 1.60. The fourth-order valence-corrected chi connectivity index (χ4v) is 4.49. The maximum Gasteiger partial charge on any atom is 0.326 e. The van der Waals surface area contributed by atoms with Crippen LogP contribution in [0, 0.1) is 0 Å². The summed E-state index contributed by atoms with van der Waals surface area (Å²) in [5, 5.41) is 14.8. The topological polar surface area (TPSA) is 197 Å². The highest BCUT2D eigenvalue weighted by molar-refractivity contribution is 7.98. The van der Waals surface area contributed by atoms with Gasteiger partial charge in [0.25, 0.3) is 0 Å². The van der Waals surface area contributed by atoms with Crippen LogP contribution in [0.5, 0.6) is 0 Å². The molecule has 0 radical (unpaired) electrons. The number of carbonyl (C=O) groups excluding carboxylic acids is 3. The average molecular weight is 512 g/mol. The van der Waals surface area contributed by atoms with Gasteiger partial charge in [-0.3, -0.25) is 14.4 Å². The Morgan fingerprint density at radius 2 is 2.03 bits per heavy atom. The van der Waals surface area contributed by atoms with Gasteiger partial charge in [-0.1, -0.05) is 0 Å². The number of unbranched alkanes of at least 4 members (excludes halogenated alkanes) is 1. The summed E-state index contributed by atoms with van der Waals surface area (Å²) in [5.41, 5.74) is 12.2. The molecule has 8 N–H and O–H groups in total. The number of aromatic nitrogens is 2. The van der Waals surface area contributed by atoms with E-state index >= 15 is 0 Å². The van der Waals surface area contributed by atoms with E-state index in [9.17, 15) is 24.3 Å². The first-order valence-corrected chi connectivity index (χ1v) is 13.2. The van der Waals surface area contributed by atoms with Gasteiger partial charge in [-0.25, -0.2) is 9.78 Å². The minimum atomic E-state index is -1.20. The number of hydrogen-bond acceptors (Lipinski definition) is 8. The molecule has 2 rings (SSSR count). The summed E-state index contributed by atoms with van der Waals surface area (Å²) in [7, 11) is 0. The van der Waals surface area contributed by atoms with Gasteiger partial charge in [0.05, 0.1) is 12.4 Å². The largest absolute Gasteiger partial charge is 0.480 e. The number of carboxylic acid groups (broad SMARTS) is 1. The van der Waals surface area contributed by atoms with Crippen molar-refractivity contribution in [3.05, 3.63) is 18.2 Å². The van der Waals surface area contributed by atoms with E-state index in [1.807, 2.05) is 6.26 Å². The summed E-state index contributed by atoms with van der Waals surface area (Å²) in [4.78, 5) is 58.9. The number of nitrogens with two attached hydrogens (primary N) is 2. The Kier molecular flexibility index (Phi) is 12.0. The molecule has 1 aromatic rings. The third-order valence-corrected chi connectivity index (χ3v) is 6.61. The Bertz CT molecular complexity index is 838. The zero-order chi connectivity index (χ0) is 25.8. The number of nitrogens with one attached hydrogen (secondary N) is 3. The van der Waals surface area contributed by atoms with E-state index in [4.69, 9.17) is 11.5 Å². The van der Waals surface area contributed by atoms with Gasteiger partial charge >= 0.3 is 5.97 Å². The molecule has 1 fully saturated rings. The van der Waals surface area contributed by atoms with Crippen molar-refractivity contribution in [3.8, 4) is 0 Å². The van der Waals surface area contributed by atoms with Gasteiger partial charge in [0.15, 0.2) is 0 Å². The SMILES string of the molecule is CSCCC(N)C(=O)N1CCCC1C(=O)NC(CCCCN)C(=O)NC(Cc1cnc[nH]1)C(=O)O. The van der Waals surface area contributed by atoms with E-state index < -0.39 is 42.0 Å². The van der Waals surface area contributed by atoms with Gasteiger partial charge in [0.2, 0.25) is 17.7 Å². The predicted molar refractivity (Wildman–Crippen MR) is 132 cm³/mol. The summed E-state index contributed by atoms with van der Waals surface area (Å²) in [5.74, 6) is -1.78. The van der Waals surface area contributed by atoms with Crippen LogP contribution in [0.4, 0.5) is 0 Å². The minimum absolute atomic E-state index is 0.0172. The highest BCUT2D eigenvalue weighted by Gasteiger charge is 2.37. The number of H-pyrrole nitrogens is 1. The zero-order valence-electron chi connectivity index (χ0n) is 20.1. The summed E-state index contributed by atoms with van der Waals surface area (Å²) in [6, 6.07) is -3.55. The molecule has 4 unspecified atom stereocenters. The number of carbonyl (C=O) groups is 4. The molecule has 0 spiro atoms. The van der Waals surface area contributed by atoms with Gasteiger partial charge < -0.3 is 37.1 Å². The molecule has 0 aliphatic carbocycles. The van der Waals surface area contributed by atoms with Crippen molar-refractivity contribution in [2.45, 2.75) is 69.1 Å². The first kappa shape index (κ1) is 28.6. The Balaban J connectivity index is 2.07. The monoisotopic (exact) mass is 511 g/mol. The van der Waals surface area contributed by atoms with Crippen molar-refractivity contribution in [2.75, 3.05) is 25.1 Å². The molecule has 0 aromatic carbocycles. The third kappa shape index (κ3) is 8.82. The highest BCUT2D eigenvalue weighted by atomic mass is 32.2. The molecule has 12 nitrogen and oxygen atoms in total. The van der Waals surface area contributed by atoms with Crippen molar-refractivity contribution in [1.29, 1.82) is 0 Å². The van der Waals surface area contributed by atoms with E-state index in [0.717, 1.165) is 5.75 Å². The van der Waals surface area contributed by atoms with Crippen LogP contribution in [0.1, 0.15) is 44.2 Å². The summed E-state index contributed by atoms with van der Waals surface area (Å²) in [6.07, 6.45) is 8.02. The average Bonchev–Trinajstić information content (AvgIpc) is 3.53. The lowest BCUT2D eigenvalue weighted by molar-refractivity contribution is -0.143. The molecule has 1 aromatic heterocycles. The lowest BCUT2D eigenvalue weighted by Crippen LogP contribution is -2.56. The number of likely N-dealkylation sites (tertiary alicyclic amines) is 1. The first-order valence-electron chi connectivity index (χ1n) is 11.8. The molecule has 1 aliphatic heterocycles. The number of aromatic amines is 1. The molecule has 0 bridgehead atoms. The molecule has 35 heavy (non-hydrogen) atoms. The molecular weight excluding hydrogens is 474 g/mol. The van der Waals surface area contributed by atoms with E-state index in [-0.39, 0.29) is 12.3 Å². The second-order valence-corrected chi connectivity index (χ2v) is 9.59. The predicted octanol–water partition coefficient (Wildman–Crippen LogP) is -0.793. The second kappa shape index (κ2) is 14.7. The maximum atomic E-state index is 13.1. The maximum absolute atomic E-state index is 13.1. The van der Waals surface area contributed by atoms with E-state index in [1.54, 1.807) is 11.8 Å². The Morgan fingerprint density at radius 1 is 1.26 bits per heavy atom. The van der Waals surface area contributed by atoms with E-state index in [1.165, 1.54) is 17.4 Å². The van der Waals surface area contributed by atoms with E-state index in [0.29, 0.717) is 57.3 Å². The number of rotatable bonds is 15. The second-order valence-electron chi connectivity index (χ2n) is 8.60. The van der Waals surface area contributed by atoms with Gasteiger partial charge in [0, 0.05) is 24.9 Å². The smallest absolute Gasteiger partial charge is 0.326 e. The van der Waals surface area contributed by atoms with Gasteiger partial charge in [-0.15, -0.1) is 0 Å². The third-order valence-electron chi connectivity index (χ3n) is 5.96. The van der Waals surface area contributed by atoms with E-state index in [2.05, 4.69) is 20.6 Å². The van der Waals surface area contributed by atoms with Crippen LogP contribution >= 0.6 is 11.8 Å². The van der Waals surface area contributed by atoms with Gasteiger partial charge in [-0.2, -0.15) is 11.8 Å². The Morgan fingerprint density at radius 3 is 2.66 bits per heavy atom.